The summed E-state index contributed by atoms with van der Waals surface area (Å²) in [5.41, 5.74) is 5.99. The number of aliphatic carboxylic acids is 2. The van der Waals surface area contributed by atoms with Crippen molar-refractivity contribution in [3.8, 4) is 5.75 Å². The third kappa shape index (κ3) is 10.6. The molecular weight excluding hydrogens is 484 g/mol. The van der Waals surface area contributed by atoms with Crippen molar-refractivity contribution >= 4 is 41.4 Å². The van der Waals surface area contributed by atoms with Gasteiger partial charge in [-0.05, 0) is 36.1 Å². The molecule has 0 aliphatic heterocycles. The molecule has 3 amide bonds. The maximum Gasteiger partial charge on any atom is 0.326 e. The highest BCUT2D eigenvalue weighted by Gasteiger charge is 2.31. The third-order valence-electron chi connectivity index (χ3n) is 4.78. The zero-order valence-electron chi connectivity index (χ0n) is 19.0. The average molecular weight is 515 g/mol. The summed E-state index contributed by atoms with van der Waals surface area (Å²) in [6.45, 7) is -0.644. The lowest BCUT2D eigenvalue weighted by Crippen LogP contribution is -2.58. The van der Waals surface area contributed by atoms with E-state index in [0.717, 1.165) is 0 Å². The number of aromatic hydroxyl groups is 1. The number of rotatable bonds is 15. The Balaban J connectivity index is 3.14. The second kappa shape index (κ2) is 14.8. The number of thioether (sulfide) groups is 1. The van der Waals surface area contributed by atoms with Crippen LogP contribution in [-0.2, 0) is 30.4 Å². The maximum absolute atomic E-state index is 13.0. The number of carbonyl (C=O) groups excluding carboxylic acids is 3. The summed E-state index contributed by atoms with van der Waals surface area (Å²) in [5, 5.41) is 43.7. The number of nitrogens with two attached hydrogens (primary N) is 1. The van der Waals surface area contributed by atoms with E-state index in [1.807, 2.05) is 0 Å². The van der Waals surface area contributed by atoms with Gasteiger partial charge in [-0.3, -0.25) is 19.2 Å². The summed E-state index contributed by atoms with van der Waals surface area (Å²) in [7, 11) is 0. The Hall–Kier alpha value is -3.36. The van der Waals surface area contributed by atoms with Gasteiger partial charge in [0.15, 0.2) is 0 Å². The molecule has 0 bridgehead atoms. The second-order valence-electron chi connectivity index (χ2n) is 7.56. The predicted octanol–water partition coefficient (Wildman–Crippen LogP) is -1.98. The Bertz CT molecular complexity index is 897. The van der Waals surface area contributed by atoms with Crippen LogP contribution in [0.2, 0.25) is 0 Å². The van der Waals surface area contributed by atoms with Gasteiger partial charge in [0, 0.05) is 6.42 Å². The van der Waals surface area contributed by atoms with Crippen molar-refractivity contribution in [2.75, 3.05) is 18.6 Å². The molecule has 0 spiro atoms. The quantitative estimate of drug-likeness (QED) is 0.128. The number of carboxylic acids is 2. The number of phenols is 1. The van der Waals surface area contributed by atoms with E-state index in [-0.39, 0.29) is 18.6 Å². The molecule has 0 saturated heterocycles. The zero-order valence-corrected chi connectivity index (χ0v) is 19.8. The standard InChI is InChI=1S/C21H30N4O9S/c1-35-7-6-14(23-18(30)13(22)10-26)19(31)24-15(8-11-2-4-12(27)5-3-11)20(32)25-16(21(33)34)9-17(28)29/h2-5,13-16,26-27H,6-10,22H2,1H3,(H,23,30)(H,24,31)(H,25,32)(H,28,29)(H,33,34). The molecule has 0 saturated carbocycles. The van der Waals surface area contributed by atoms with Gasteiger partial charge in [0.1, 0.15) is 29.9 Å². The minimum atomic E-state index is -1.74. The van der Waals surface area contributed by atoms with Crippen LogP contribution in [-0.4, -0.2) is 92.9 Å². The number of carboxylic acid groups (broad SMARTS) is 2. The van der Waals surface area contributed by atoms with Gasteiger partial charge in [-0.1, -0.05) is 12.1 Å². The minimum Gasteiger partial charge on any atom is -0.508 e. The molecule has 4 unspecified atom stereocenters. The van der Waals surface area contributed by atoms with E-state index in [0.29, 0.717) is 11.3 Å². The van der Waals surface area contributed by atoms with Crippen LogP contribution < -0.4 is 21.7 Å². The Morgan fingerprint density at radius 3 is 1.97 bits per heavy atom. The van der Waals surface area contributed by atoms with E-state index in [2.05, 4.69) is 16.0 Å². The summed E-state index contributed by atoms with van der Waals surface area (Å²) in [4.78, 5) is 60.3. The molecule has 13 nitrogen and oxygen atoms in total. The van der Waals surface area contributed by atoms with Gasteiger partial charge < -0.3 is 42.1 Å². The third-order valence-corrected chi connectivity index (χ3v) is 5.42. The summed E-state index contributed by atoms with van der Waals surface area (Å²) >= 11 is 1.40. The first-order valence-electron chi connectivity index (χ1n) is 10.5. The van der Waals surface area contributed by atoms with Crippen molar-refractivity contribution in [1.29, 1.82) is 0 Å². The second-order valence-corrected chi connectivity index (χ2v) is 8.55. The van der Waals surface area contributed by atoms with Gasteiger partial charge >= 0.3 is 11.9 Å². The largest absolute Gasteiger partial charge is 0.508 e. The van der Waals surface area contributed by atoms with E-state index >= 15 is 0 Å². The number of nitrogens with one attached hydrogen (secondary N) is 3. The fourth-order valence-corrected chi connectivity index (χ4v) is 3.33. The Labute approximate surface area is 205 Å². The maximum atomic E-state index is 13.0. The van der Waals surface area contributed by atoms with Gasteiger partial charge in [-0.25, -0.2) is 4.79 Å². The molecule has 1 aromatic rings. The first kappa shape index (κ1) is 29.7. The first-order chi connectivity index (χ1) is 16.5. The fourth-order valence-electron chi connectivity index (χ4n) is 2.86. The highest BCUT2D eigenvalue weighted by molar-refractivity contribution is 7.98. The summed E-state index contributed by atoms with van der Waals surface area (Å²) in [6, 6.07) is 0.224. The molecule has 0 aliphatic carbocycles. The van der Waals surface area contributed by atoms with Crippen molar-refractivity contribution in [2.24, 2.45) is 5.73 Å². The monoisotopic (exact) mass is 514 g/mol. The van der Waals surface area contributed by atoms with Gasteiger partial charge in [-0.15, -0.1) is 0 Å². The summed E-state index contributed by atoms with van der Waals surface area (Å²) in [5.74, 6) is -5.09. The van der Waals surface area contributed by atoms with Crippen molar-refractivity contribution in [2.45, 2.75) is 43.4 Å². The lowest BCUT2D eigenvalue weighted by molar-refractivity contribution is -0.147. The molecule has 0 radical (unpaired) electrons. The highest BCUT2D eigenvalue weighted by Crippen LogP contribution is 2.12. The molecule has 0 heterocycles. The predicted molar refractivity (Wildman–Crippen MR) is 126 cm³/mol. The van der Waals surface area contributed by atoms with Crippen LogP contribution in [0, 0.1) is 0 Å². The van der Waals surface area contributed by atoms with Crippen LogP contribution in [0.1, 0.15) is 18.4 Å². The molecular formula is C21H30N4O9S. The number of carbonyl (C=O) groups is 5. The Morgan fingerprint density at radius 2 is 1.46 bits per heavy atom. The van der Waals surface area contributed by atoms with E-state index < -0.39 is 66.9 Å². The number of aliphatic hydroxyl groups is 1. The van der Waals surface area contributed by atoms with E-state index in [9.17, 15) is 34.2 Å². The van der Waals surface area contributed by atoms with E-state index in [4.69, 9.17) is 15.9 Å². The van der Waals surface area contributed by atoms with E-state index in [1.165, 1.54) is 36.0 Å². The van der Waals surface area contributed by atoms with Crippen LogP contribution in [0.5, 0.6) is 5.75 Å². The molecule has 14 heteroatoms. The van der Waals surface area contributed by atoms with Crippen LogP contribution in [0.25, 0.3) is 0 Å². The number of benzene rings is 1. The normalized spacial score (nSPS) is 14.1. The number of amides is 3. The van der Waals surface area contributed by atoms with Crippen molar-refractivity contribution in [1.82, 2.24) is 16.0 Å². The molecule has 35 heavy (non-hydrogen) atoms. The molecule has 0 aliphatic rings. The fraction of sp³-hybridized carbons (Fsp3) is 0.476. The summed E-state index contributed by atoms with van der Waals surface area (Å²) < 4.78 is 0. The SMILES string of the molecule is CSCCC(NC(=O)C(N)CO)C(=O)NC(Cc1ccc(O)cc1)C(=O)NC(CC(=O)O)C(=O)O. The van der Waals surface area contributed by atoms with E-state index in [1.54, 1.807) is 6.26 Å². The minimum absolute atomic E-state index is 0.0359. The molecule has 1 aromatic carbocycles. The molecule has 9 N–H and O–H groups in total. The van der Waals surface area contributed by atoms with Gasteiger partial charge in [0.2, 0.25) is 17.7 Å². The van der Waals surface area contributed by atoms with Gasteiger partial charge in [-0.2, -0.15) is 11.8 Å². The smallest absolute Gasteiger partial charge is 0.326 e. The number of phenolic OH excluding ortho intramolecular Hbond substituents is 1. The van der Waals surface area contributed by atoms with Crippen molar-refractivity contribution in [3.63, 3.8) is 0 Å². The van der Waals surface area contributed by atoms with Crippen LogP contribution in [0.15, 0.2) is 24.3 Å². The van der Waals surface area contributed by atoms with Crippen molar-refractivity contribution < 1.29 is 44.4 Å². The molecule has 0 fully saturated rings. The van der Waals surface area contributed by atoms with Crippen LogP contribution >= 0.6 is 11.8 Å². The number of aliphatic hydroxyl groups excluding tert-OH is 1. The first-order valence-corrected chi connectivity index (χ1v) is 11.9. The molecule has 194 valence electrons. The van der Waals surface area contributed by atoms with Gasteiger partial charge in [0.25, 0.3) is 0 Å². The molecule has 4 atom stereocenters. The van der Waals surface area contributed by atoms with Crippen LogP contribution in [0.3, 0.4) is 0 Å². The highest BCUT2D eigenvalue weighted by atomic mass is 32.2. The topological polar surface area (TPSA) is 228 Å². The molecule has 0 aromatic heterocycles. The number of hydrogen-bond donors (Lipinski definition) is 8. The average Bonchev–Trinajstić information content (AvgIpc) is 2.80. The molecule has 1 rings (SSSR count). The Kier molecular flexibility index (Phi) is 12.6. The van der Waals surface area contributed by atoms with Gasteiger partial charge in [0.05, 0.1) is 13.0 Å². The lowest BCUT2D eigenvalue weighted by atomic mass is 10.0. The lowest BCUT2D eigenvalue weighted by Gasteiger charge is -2.25. The Morgan fingerprint density at radius 1 is 0.914 bits per heavy atom. The summed E-state index contributed by atoms with van der Waals surface area (Å²) in [6.07, 6.45) is 0.940. The van der Waals surface area contributed by atoms with Crippen molar-refractivity contribution in [3.05, 3.63) is 29.8 Å². The zero-order chi connectivity index (χ0) is 26.5. The number of hydrogen-bond acceptors (Lipinski definition) is 9. The van der Waals surface area contributed by atoms with Crippen LogP contribution in [0.4, 0.5) is 0 Å².